The minimum absolute atomic E-state index is 0.231. The lowest BCUT2D eigenvalue weighted by atomic mass is 9.97. The molecule has 1 amide bonds. The molecular formula is C68H121NO13. The summed E-state index contributed by atoms with van der Waals surface area (Å²) in [6.45, 7) is 2.75. The molecule has 0 spiro atoms. The average Bonchev–Trinajstić information content (AvgIpc) is 3.53. The summed E-state index contributed by atoms with van der Waals surface area (Å²) >= 11 is 0. The fourth-order valence-corrected chi connectivity index (χ4v) is 10.7. The molecule has 2 heterocycles. The van der Waals surface area contributed by atoms with Crippen LogP contribution in [0.4, 0.5) is 0 Å². The molecule has 9 N–H and O–H groups in total. The minimum atomic E-state index is -1.79. The summed E-state index contributed by atoms with van der Waals surface area (Å²) in [5, 5.41) is 87.5. The Morgan fingerprint density at radius 1 is 0.451 bits per heavy atom. The summed E-state index contributed by atoms with van der Waals surface area (Å²) in [5.74, 6) is -0.231. The molecule has 0 aromatic carbocycles. The van der Waals surface area contributed by atoms with Crippen molar-refractivity contribution in [3.8, 4) is 0 Å². The van der Waals surface area contributed by atoms with Crippen LogP contribution in [0.25, 0.3) is 0 Å². The first-order valence-electron chi connectivity index (χ1n) is 33.2. The number of unbranched alkanes of at least 4 members (excludes halogenated alkanes) is 28. The largest absolute Gasteiger partial charge is 0.394 e. The van der Waals surface area contributed by atoms with Crippen molar-refractivity contribution in [2.24, 2.45) is 0 Å². The summed E-state index contributed by atoms with van der Waals surface area (Å²) in [7, 11) is 0. The van der Waals surface area contributed by atoms with Gasteiger partial charge in [-0.25, -0.2) is 0 Å². The van der Waals surface area contributed by atoms with Gasteiger partial charge < -0.3 is 65.1 Å². The predicted molar refractivity (Wildman–Crippen MR) is 332 cm³/mol. The summed E-state index contributed by atoms with van der Waals surface area (Å²) in [4.78, 5) is 13.3. The molecule has 2 saturated heterocycles. The lowest BCUT2D eigenvalue weighted by Gasteiger charge is -2.46. The SMILES string of the molecule is CC/C=C\C/C=C\C/C=C\C/C=C\C/C=C\C/C=C\CCCCCCC(=O)NC(COC1OC(CO)C(OC2OC(CO)C(O)C(O)C2O)C(O)C1O)C(O)CCCCCCCCCCCCCCCCCCCCCCCCCCC. The third kappa shape index (κ3) is 37.1. The Kier molecular flexibility index (Phi) is 48.6. The Morgan fingerprint density at radius 3 is 1.29 bits per heavy atom. The third-order valence-corrected chi connectivity index (χ3v) is 15.9. The van der Waals surface area contributed by atoms with Crippen LogP contribution in [0.3, 0.4) is 0 Å². The summed E-state index contributed by atoms with van der Waals surface area (Å²) in [6, 6.07) is -0.849. The normalized spacial score (nSPS) is 24.4. The second-order valence-corrected chi connectivity index (χ2v) is 23.2. The molecule has 0 bridgehead atoms. The lowest BCUT2D eigenvalue weighted by molar-refractivity contribution is -0.359. The maximum Gasteiger partial charge on any atom is 0.220 e. The van der Waals surface area contributed by atoms with Gasteiger partial charge in [-0.3, -0.25) is 4.79 Å². The van der Waals surface area contributed by atoms with Crippen LogP contribution < -0.4 is 5.32 Å². The first-order valence-corrected chi connectivity index (χ1v) is 33.2. The monoisotopic (exact) mass is 1160 g/mol. The topological polar surface area (TPSA) is 228 Å². The van der Waals surface area contributed by atoms with Gasteiger partial charge in [-0.15, -0.1) is 0 Å². The Balaban J connectivity index is 1.72. The Labute approximate surface area is 498 Å². The molecule has 12 unspecified atom stereocenters. The molecule has 82 heavy (non-hydrogen) atoms. The number of nitrogens with one attached hydrogen (secondary N) is 1. The van der Waals surface area contributed by atoms with E-state index in [9.17, 15) is 45.6 Å². The maximum absolute atomic E-state index is 13.3. The summed E-state index contributed by atoms with van der Waals surface area (Å²) in [5.41, 5.74) is 0. The van der Waals surface area contributed by atoms with Crippen molar-refractivity contribution in [2.75, 3.05) is 19.8 Å². The molecule has 2 aliphatic heterocycles. The van der Waals surface area contributed by atoms with Crippen LogP contribution in [0, 0.1) is 0 Å². The van der Waals surface area contributed by atoms with Gasteiger partial charge in [0.25, 0.3) is 0 Å². The van der Waals surface area contributed by atoms with E-state index in [1.807, 2.05) is 0 Å². The highest BCUT2D eigenvalue weighted by atomic mass is 16.7. The van der Waals surface area contributed by atoms with Gasteiger partial charge in [-0.05, 0) is 64.2 Å². The predicted octanol–water partition coefficient (Wildman–Crippen LogP) is 12.7. The van der Waals surface area contributed by atoms with Gasteiger partial charge in [-0.1, -0.05) is 260 Å². The van der Waals surface area contributed by atoms with Crippen LogP contribution in [0.5, 0.6) is 0 Å². The smallest absolute Gasteiger partial charge is 0.220 e. The standard InChI is InChI=1S/C68H121NO13/c1-3-5-7-9-11-13-15-17-19-21-23-25-27-28-30-31-33-35-37-39-41-43-45-47-49-51-57(72)56(55-79-67-65(78)63(76)66(59(54-71)81-67)82-68-64(77)62(75)61(74)58(53-70)80-68)69-60(73)52-50-48-46-44-42-40-38-36-34-32-29-26-24-22-20-18-16-14-12-10-8-6-4-2/h6,8,12,14,18,20,24,26,32,34,38,40,56-59,61-68,70-72,74-78H,3-5,7,9-11,13,15-17,19,21-23,25,27-31,33,35-37,39,41-55H2,1-2H3,(H,69,73)/b8-6-,14-12-,20-18-,26-24-,34-32-,40-38-. The van der Waals surface area contributed by atoms with Gasteiger partial charge in [-0.2, -0.15) is 0 Å². The van der Waals surface area contributed by atoms with Crippen molar-refractivity contribution in [3.63, 3.8) is 0 Å². The summed E-state index contributed by atoms with van der Waals surface area (Å²) in [6.07, 6.45) is 53.3. The molecule has 0 aromatic heterocycles. The zero-order chi connectivity index (χ0) is 59.5. The second-order valence-electron chi connectivity index (χ2n) is 23.2. The highest BCUT2D eigenvalue weighted by Gasteiger charge is 2.51. The third-order valence-electron chi connectivity index (χ3n) is 15.9. The van der Waals surface area contributed by atoms with E-state index in [1.54, 1.807) is 0 Å². The summed E-state index contributed by atoms with van der Waals surface area (Å²) < 4.78 is 22.9. The fraction of sp³-hybridized carbons (Fsp3) is 0.809. The maximum atomic E-state index is 13.3. The van der Waals surface area contributed by atoms with Gasteiger partial charge in [0, 0.05) is 6.42 Å². The number of allylic oxidation sites excluding steroid dienone is 12. The number of hydrogen-bond acceptors (Lipinski definition) is 13. The molecule has 2 rings (SSSR count). The van der Waals surface area contributed by atoms with E-state index in [4.69, 9.17) is 18.9 Å². The first kappa shape index (κ1) is 75.5. The highest BCUT2D eigenvalue weighted by molar-refractivity contribution is 5.76. The van der Waals surface area contributed by atoms with Crippen molar-refractivity contribution in [1.29, 1.82) is 0 Å². The molecule has 14 nitrogen and oxygen atoms in total. The number of carbonyl (C=O) groups excluding carboxylic acids is 1. The average molecular weight is 1160 g/mol. The Hall–Kier alpha value is -2.57. The van der Waals surface area contributed by atoms with Gasteiger partial charge >= 0.3 is 0 Å². The van der Waals surface area contributed by atoms with Gasteiger partial charge in [0.05, 0.1) is 32.0 Å². The molecule has 14 heteroatoms. The number of amides is 1. The molecule has 0 radical (unpaired) electrons. The van der Waals surface area contributed by atoms with E-state index in [0.717, 1.165) is 89.9 Å². The van der Waals surface area contributed by atoms with E-state index in [-0.39, 0.29) is 18.9 Å². The van der Waals surface area contributed by atoms with Crippen molar-refractivity contribution in [1.82, 2.24) is 5.32 Å². The van der Waals surface area contributed by atoms with Crippen LogP contribution in [-0.4, -0.2) is 140 Å². The Morgan fingerprint density at radius 2 is 0.841 bits per heavy atom. The number of ether oxygens (including phenoxy) is 4. The number of aliphatic hydroxyl groups is 8. The molecular weight excluding hydrogens is 1040 g/mol. The van der Waals surface area contributed by atoms with Crippen LogP contribution in [0.15, 0.2) is 72.9 Å². The van der Waals surface area contributed by atoms with Gasteiger partial charge in [0.2, 0.25) is 5.91 Å². The molecule has 0 saturated carbocycles. The zero-order valence-corrected chi connectivity index (χ0v) is 51.5. The molecule has 12 atom stereocenters. The fourth-order valence-electron chi connectivity index (χ4n) is 10.7. The lowest BCUT2D eigenvalue weighted by Crippen LogP contribution is -2.65. The van der Waals surface area contributed by atoms with Crippen molar-refractivity contribution < 1.29 is 64.6 Å². The van der Waals surface area contributed by atoms with Crippen LogP contribution >= 0.6 is 0 Å². The van der Waals surface area contributed by atoms with E-state index >= 15 is 0 Å². The van der Waals surface area contributed by atoms with Crippen LogP contribution in [-0.2, 0) is 23.7 Å². The van der Waals surface area contributed by atoms with Gasteiger partial charge in [0.15, 0.2) is 12.6 Å². The van der Waals surface area contributed by atoms with Crippen molar-refractivity contribution in [2.45, 2.75) is 331 Å². The van der Waals surface area contributed by atoms with Crippen molar-refractivity contribution >= 4 is 5.91 Å². The van der Waals surface area contributed by atoms with Crippen molar-refractivity contribution in [3.05, 3.63) is 72.9 Å². The number of carbonyl (C=O) groups is 1. The number of rotatable bonds is 53. The molecule has 2 aliphatic rings. The quantitative estimate of drug-likeness (QED) is 0.0204. The molecule has 0 aromatic rings. The number of aliphatic hydroxyl groups excluding tert-OH is 8. The highest BCUT2D eigenvalue weighted by Crippen LogP contribution is 2.30. The molecule has 0 aliphatic carbocycles. The zero-order valence-electron chi connectivity index (χ0n) is 51.5. The van der Waals surface area contributed by atoms with Crippen LogP contribution in [0.1, 0.15) is 258 Å². The Bertz CT molecular complexity index is 1650. The van der Waals surface area contributed by atoms with Gasteiger partial charge in [0.1, 0.15) is 48.8 Å². The first-order chi connectivity index (χ1) is 40.1. The molecule has 2 fully saturated rings. The van der Waals surface area contributed by atoms with Crippen LogP contribution in [0.2, 0.25) is 0 Å². The second kappa shape index (κ2) is 52.7. The number of hydrogen-bond donors (Lipinski definition) is 9. The van der Waals surface area contributed by atoms with E-state index in [2.05, 4.69) is 92.1 Å². The molecule has 476 valence electrons. The van der Waals surface area contributed by atoms with E-state index in [1.165, 1.54) is 135 Å². The van der Waals surface area contributed by atoms with E-state index < -0.39 is 86.8 Å². The minimum Gasteiger partial charge on any atom is -0.394 e. The van der Waals surface area contributed by atoms with E-state index in [0.29, 0.717) is 12.8 Å².